The van der Waals surface area contributed by atoms with Gasteiger partial charge >= 0.3 is 0 Å². The molecule has 0 saturated carbocycles. The van der Waals surface area contributed by atoms with Crippen molar-refractivity contribution in [3.8, 4) is 5.75 Å². The Hall–Kier alpha value is -3.84. The van der Waals surface area contributed by atoms with Gasteiger partial charge in [-0.05, 0) is 42.5 Å². The molecule has 3 aromatic carbocycles. The number of amides is 3. The fourth-order valence-corrected chi connectivity index (χ4v) is 4.02. The molecule has 8 heteroatoms. The molecule has 0 spiro atoms. The molecule has 1 heterocycles. The molecule has 34 heavy (non-hydrogen) atoms. The van der Waals surface area contributed by atoms with Crippen LogP contribution in [-0.2, 0) is 16.1 Å². The number of nitrogens with zero attached hydrogens (tertiary/aromatic N) is 1. The smallest absolute Gasteiger partial charge is 0.253 e. The zero-order valence-corrected chi connectivity index (χ0v) is 19.3. The lowest BCUT2D eigenvalue weighted by Crippen LogP contribution is -2.29. The van der Waals surface area contributed by atoms with Crippen molar-refractivity contribution in [2.75, 3.05) is 23.9 Å². The first-order valence-electron chi connectivity index (χ1n) is 10.8. The maximum Gasteiger partial charge on any atom is 0.253 e. The highest BCUT2D eigenvalue weighted by atomic mass is 35.5. The Morgan fingerprint density at radius 3 is 2.50 bits per heavy atom. The molecule has 1 atom stereocenters. The number of rotatable bonds is 7. The predicted octanol–water partition coefficient (Wildman–Crippen LogP) is 4.27. The monoisotopic (exact) mass is 477 g/mol. The predicted molar refractivity (Wildman–Crippen MR) is 131 cm³/mol. The highest BCUT2D eigenvalue weighted by Crippen LogP contribution is 2.27. The molecule has 0 unspecified atom stereocenters. The van der Waals surface area contributed by atoms with Crippen LogP contribution in [0.4, 0.5) is 11.4 Å². The summed E-state index contributed by atoms with van der Waals surface area (Å²) in [7, 11) is 1.58. The normalized spacial score (nSPS) is 15.2. The summed E-state index contributed by atoms with van der Waals surface area (Å²) in [5.74, 6) is -0.624. The second kappa shape index (κ2) is 10.4. The van der Waals surface area contributed by atoms with Gasteiger partial charge in [0.15, 0.2) is 0 Å². The number of methoxy groups -OCH3 is 1. The molecule has 0 radical (unpaired) electrons. The summed E-state index contributed by atoms with van der Waals surface area (Å²) in [4.78, 5) is 39.9. The van der Waals surface area contributed by atoms with Gasteiger partial charge in [-0.2, -0.15) is 0 Å². The van der Waals surface area contributed by atoms with Gasteiger partial charge in [0.25, 0.3) is 5.91 Å². The van der Waals surface area contributed by atoms with Crippen LogP contribution in [-0.4, -0.2) is 31.4 Å². The summed E-state index contributed by atoms with van der Waals surface area (Å²) in [6.45, 7) is 0.534. The molecule has 2 N–H and O–H groups in total. The molecule has 3 amide bonds. The van der Waals surface area contributed by atoms with Gasteiger partial charge in [0, 0.05) is 35.8 Å². The zero-order chi connectivity index (χ0) is 24.1. The van der Waals surface area contributed by atoms with Crippen LogP contribution in [0.25, 0.3) is 0 Å². The Morgan fingerprint density at radius 1 is 1.03 bits per heavy atom. The van der Waals surface area contributed by atoms with Gasteiger partial charge in [0.05, 0.1) is 24.3 Å². The topological polar surface area (TPSA) is 87.7 Å². The van der Waals surface area contributed by atoms with Crippen molar-refractivity contribution in [3.05, 3.63) is 88.9 Å². The summed E-state index contributed by atoms with van der Waals surface area (Å²) in [6.07, 6.45) is 0.0939. The van der Waals surface area contributed by atoms with E-state index in [9.17, 15) is 14.4 Å². The van der Waals surface area contributed by atoms with Gasteiger partial charge in [-0.25, -0.2) is 0 Å². The van der Waals surface area contributed by atoms with Crippen molar-refractivity contribution < 1.29 is 19.1 Å². The Labute approximate surface area is 202 Å². The largest absolute Gasteiger partial charge is 0.496 e. The minimum atomic E-state index is -0.534. The van der Waals surface area contributed by atoms with Crippen LogP contribution in [0.3, 0.4) is 0 Å². The molecule has 0 aliphatic carbocycles. The maximum atomic E-state index is 13.0. The number of carbonyl (C=O) groups excluding carboxylic acids is 3. The summed E-state index contributed by atoms with van der Waals surface area (Å²) in [6, 6.07) is 21.1. The van der Waals surface area contributed by atoms with Crippen LogP contribution in [0.5, 0.6) is 5.75 Å². The number of halogens is 1. The third kappa shape index (κ3) is 5.21. The summed E-state index contributed by atoms with van der Waals surface area (Å²) >= 11 is 5.93. The standard InChI is InChI=1S/C26H24ClN3O4/c1-34-23-9-5-2-6-17(23)15-28-26(33)21-7-3-4-8-22(21)29-25(32)18-14-24(31)30(16-18)20-12-10-19(27)11-13-20/h2-13,18H,14-16H2,1H3,(H,28,33)(H,29,32)/t18-/m1/s1. The van der Waals surface area contributed by atoms with Gasteiger partial charge in [-0.15, -0.1) is 0 Å². The van der Waals surface area contributed by atoms with Crippen molar-refractivity contribution in [2.24, 2.45) is 5.92 Å². The Balaban J connectivity index is 1.42. The number of hydrogen-bond acceptors (Lipinski definition) is 4. The van der Waals surface area contributed by atoms with Gasteiger partial charge < -0.3 is 20.3 Å². The Kier molecular flexibility index (Phi) is 7.13. The lowest BCUT2D eigenvalue weighted by atomic mass is 10.1. The molecule has 1 fully saturated rings. The first kappa shape index (κ1) is 23.3. The minimum Gasteiger partial charge on any atom is -0.496 e. The second-order valence-corrected chi connectivity index (χ2v) is 8.35. The fraction of sp³-hybridized carbons (Fsp3) is 0.192. The van der Waals surface area contributed by atoms with E-state index in [4.69, 9.17) is 16.3 Å². The Bertz CT molecular complexity index is 1210. The molecule has 4 rings (SSSR count). The first-order chi connectivity index (χ1) is 16.5. The molecule has 1 aliphatic rings. The van der Waals surface area contributed by atoms with E-state index in [1.165, 1.54) is 0 Å². The molecule has 1 aliphatic heterocycles. The molecule has 0 aromatic heterocycles. The van der Waals surface area contributed by atoms with E-state index in [1.807, 2.05) is 24.3 Å². The number of ether oxygens (including phenoxy) is 1. The summed E-state index contributed by atoms with van der Waals surface area (Å²) in [5, 5.41) is 6.28. The molecule has 1 saturated heterocycles. The van der Waals surface area contributed by atoms with E-state index in [1.54, 1.807) is 60.5 Å². The average Bonchev–Trinajstić information content (AvgIpc) is 3.25. The third-order valence-electron chi connectivity index (χ3n) is 5.70. The van der Waals surface area contributed by atoms with Crippen molar-refractivity contribution in [1.82, 2.24) is 5.32 Å². The highest BCUT2D eigenvalue weighted by molar-refractivity contribution is 6.30. The Morgan fingerprint density at radius 2 is 1.74 bits per heavy atom. The SMILES string of the molecule is COc1ccccc1CNC(=O)c1ccccc1NC(=O)[C@@H]1CC(=O)N(c2ccc(Cl)cc2)C1. The van der Waals surface area contributed by atoms with Gasteiger partial charge in [0.1, 0.15) is 5.75 Å². The number of anilines is 2. The fourth-order valence-electron chi connectivity index (χ4n) is 3.90. The average molecular weight is 478 g/mol. The van der Waals surface area contributed by atoms with E-state index in [0.717, 1.165) is 5.56 Å². The summed E-state index contributed by atoms with van der Waals surface area (Å²) < 4.78 is 5.33. The molecule has 7 nitrogen and oxygen atoms in total. The molecule has 174 valence electrons. The number of para-hydroxylation sites is 2. The van der Waals surface area contributed by atoms with Crippen molar-refractivity contribution in [2.45, 2.75) is 13.0 Å². The molecule has 0 bridgehead atoms. The van der Waals surface area contributed by atoms with Crippen LogP contribution in [0.2, 0.25) is 5.02 Å². The number of nitrogens with one attached hydrogen (secondary N) is 2. The number of carbonyl (C=O) groups is 3. The summed E-state index contributed by atoms with van der Waals surface area (Å²) in [5.41, 5.74) is 2.26. The van der Waals surface area contributed by atoms with Gasteiger partial charge in [-0.1, -0.05) is 41.9 Å². The van der Waals surface area contributed by atoms with Gasteiger partial charge in [0.2, 0.25) is 11.8 Å². The lowest BCUT2D eigenvalue weighted by molar-refractivity contribution is -0.122. The van der Waals surface area contributed by atoms with E-state index < -0.39 is 5.92 Å². The quantitative estimate of drug-likeness (QED) is 0.532. The van der Waals surface area contributed by atoms with E-state index in [0.29, 0.717) is 27.7 Å². The van der Waals surface area contributed by atoms with E-state index in [-0.39, 0.29) is 37.2 Å². The van der Waals surface area contributed by atoms with E-state index >= 15 is 0 Å². The van der Waals surface area contributed by atoms with Crippen molar-refractivity contribution >= 4 is 40.7 Å². The molecular formula is C26H24ClN3O4. The van der Waals surface area contributed by atoms with Crippen LogP contribution in [0.15, 0.2) is 72.8 Å². The number of hydrogen-bond donors (Lipinski definition) is 2. The van der Waals surface area contributed by atoms with Crippen LogP contribution in [0, 0.1) is 5.92 Å². The van der Waals surface area contributed by atoms with Crippen molar-refractivity contribution in [3.63, 3.8) is 0 Å². The van der Waals surface area contributed by atoms with Crippen molar-refractivity contribution in [1.29, 1.82) is 0 Å². The third-order valence-corrected chi connectivity index (χ3v) is 5.95. The minimum absolute atomic E-state index is 0.0939. The zero-order valence-electron chi connectivity index (χ0n) is 18.6. The lowest BCUT2D eigenvalue weighted by Gasteiger charge is -2.17. The number of benzene rings is 3. The molecular weight excluding hydrogens is 454 g/mol. The maximum absolute atomic E-state index is 13.0. The first-order valence-corrected chi connectivity index (χ1v) is 11.2. The second-order valence-electron chi connectivity index (χ2n) is 7.91. The van der Waals surface area contributed by atoms with Crippen LogP contribution < -0.4 is 20.3 Å². The molecule has 3 aromatic rings. The van der Waals surface area contributed by atoms with E-state index in [2.05, 4.69) is 10.6 Å². The van der Waals surface area contributed by atoms with Crippen LogP contribution in [0.1, 0.15) is 22.3 Å². The van der Waals surface area contributed by atoms with Gasteiger partial charge in [-0.3, -0.25) is 14.4 Å². The highest BCUT2D eigenvalue weighted by Gasteiger charge is 2.35. The van der Waals surface area contributed by atoms with Crippen LogP contribution >= 0.6 is 11.6 Å².